The second-order valence-corrected chi connectivity index (χ2v) is 10.2. The van der Waals surface area contributed by atoms with Crippen molar-refractivity contribution in [2.45, 2.75) is 91.2 Å². The summed E-state index contributed by atoms with van der Waals surface area (Å²) >= 11 is 0. The van der Waals surface area contributed by atoms with Crippen molar-refractivity contribution in [2.75, 3.05) is 39.3 Å². The van der Waals surface area contributed by atoms with Gasteiger partial charge in [-0.05, 0) is 61.8 Å². The maximum atomic E-state index is 12.1. The third-order valence-electron chi connectivity index (χ3n) is 5.43. The lowest BCUT2D eigenvalue weighted by molar-refractivity contribution is -0.0939. The van der Waals surface area contributed by atoms with E-state index in [1.807, 2.05) is 20.8 Å². The van der Waals surface area contributed by atoms with Crippen LogP contribution in [0.3, 0.4) is 0 Å². The van der Waals surface area contributed by atoms with Crippen LogP contribution in [0.15, 0.2) is 4.99 Å². The predicted octanol–water partition coefficient (Wildman–Crippen LogP) is 3.06. The fourth-order valence-corrected chi connectivity index (χ4v) is 4.01. The van der Waals surface area contributed by atoms with Crippen LogP contribution in [-0.2, 0) is 9.47 Å². The van der Waals surface area contributed by atoms with E-state index in [2.05, 4.69) is 55.1 Å². The lowest BCUT2D eigenvalue weighted by atomic mass is 10.0. The number of alkyl carbamates (subject to hydrolysis) is 1. The van der Waals surface area contributed by atoms with E-state index in [4.69, 9.17) is 14.5 Å². The number of carbonyl (C=O) groups is 1. The van der Waals surface area contributed by atoms with E-state index in [0.29, 0.717) is 6.54 Å². The van der Waals surface area contributed by atoms with Crippen LogP contribution >= 0.6 is 24.0 Å². The molecule has 2 saturated heterocycles. The van der Waals surface area contributed by atoms with Gasteiger partial charge >= 0.3 is 6.09 Å². The lowest BCUT2D eigenvalue weighted by Gasteiger charge is -2.44. The average molecular weight is 554 g/mol. The number of halogens is 1. The van der Waals surface area contributed by atoms with E-state index in [-0.39, 0.29) is 53.9 Å². The second kappa shape index (κ2) is 11.9. The summed E-state index contributed by atoms with van der Waals surface area (Å²) in [6, 6.07) is 0.0673. The largest absolute Gasteiger partial charge is 0.444 e. The molecule has 2 aliphatic rings. The third kappa shape index (κ3) is 9.29. The minimum Gasteiger partial charge on any atom is -0.444 e. The first-order valence-corrected chi connectivity index (χ1v) is 11.3. The van der Waals surface area contributed by atoms with Crippen LogP contribution in [0.2, 0.25) is 0 Å². The number of hydrogen-bond donors (Lipinski definition) is 2. The van der Waals surface area contributed by atoms with Crippen LogP contribution in [-0.4, -0.2) is 90.5 Å². The average Bonchev–Trinajstić information content (AvgIpc) is 3.04. The Kier molecular flexibility index (Phi) is 10.8. The maximum Gasteiger partial charge on any atom is 0.407 e. The number of guanidine groups is 1. The zero-order valence-corrected chi connectivity index (χ0v) is 23.0. The molecule has 0 bridgehead atoms. The molecule has 0 aromatic carbocycles. The number of aliphatic imine (C=N–C) groups is 1. The zero-order chi connectivity index (χ0) is 22.5. The molecule has 1 amide bonds. The van der Waals surface area contributed by atoms with Crippen LogP contribution < -0.4 is 10.6 Å². The van der Waals surface area contributed by atoms with Gasteiger partial charge in [0.15, 0.2) is 5.96 Å². The van der Waals surface area contributed by atoms with Crippen molar-refractivity contribution >= 4 is 36.0 Å². The summed E-state index contributed by atoms with van der Waals surface area (Å²) in [6.45, 7) is 21.4. The highest BCUT2D eigenvalue weighted by Gasteiger charge is 2.34. The molecule has 9 heteroatoms. The maximum absolute atomic E-state index is 12.1. The minimum absolute atomic E-state index is 0. The van der Waals surface area contributed by atoms with E-state index in [1.54, 1.807) is 0 Å². The van der Waals surface area contributed by atoms with Gasteiger partial charge in [0.25, 0.3) is 0 Å². The van der Waals surface area contributed by atoms with Gasteiger partial charge in [0.2, 0.25) is 0 Å². The smallest absolute Gasteiger partial charge is 0.407 e. The highest BCUT2D eigenvalue weighted by molar-refractivity contribution is 14.0. The van der Waals surface area contributed by atoms with Crippen molar-refractivity contribution in [1.29, 1.82) is 0 Å². The number of amides is 1. The van der Waals surface area contributed by atoms with Crippen molar-refractivity contribution in [3.05, 3.63) is 0 Å². The third-order valence-corrected chi connectivity index (χ3v) is 5.43. The van der Waals surface area contributed by atoms with Crippen LogP contribution in [0.1, 0.15) is 61.8 Å². The molecule has 2 rings (SSSR count). The summed E-state index contributed by atoms with van der Waals surface area (Å²) in [5.74, 6) is 0.911. The molecule has 2 N–H and O–H groups in total. The number of likely N-dealkylation sites (tertiary alicyclic amines) is 1. The normalized spacial score (nSPS) is 25.7. The van der Waals surface area contributed by atoms with E-state index in [1.165, 1.54) is 0 Å². The Morgan fingerprint density at radius 2 is 1.74 bits per heavy atom. The zero-order valence-electron chi connectivity index (χ0n) is 20.7. The van der Waals surface area contributed by atoms with Crippen LogP contribution in [0, 0.1) is 0 Å². The fraction of sp³-hybridized carbons (Fsp3) is 0.909. The predicted molar refractivity (Wildman–Crippen MR) is 136 cm³/mol. The van der Waals surface area contributed by atoms with E-state index in [0.717, 1.165) is 45.1 Å². The van der Waals surface area contributed by atoms with Crippen LogP contribution in [0.5, 0.6) is 0 Å². The van der Waals surface area contributed by atoms with Crippen molar-refractivity contribution < 1.29 is 14.3 Å². The molecule has 2 aliphatic heterocycles. The van der Waals surface area contributed by atoms with Gasteiger partial charge < -0.3 is 25.0 Å². The van der Waals surface area contributed by atoms with Gasteiger partial charge in [-0.3, -0.25) is 9.89 Å². The number of rotatable bonds is 5. The van der Waals surface area contributed by atoms with Crippen LogP contribution in [0.25, 0.3) is 0 Å². The number of ether oxygens (including phenoxy) is 2. The summed E-state index contributed by atoms with van der Waals surface area (Å²) < 4.78 is 11.3. The molecule has 8 nitrogen and oxygen atoms in total. The first-order chi connectivity index (χ1) is 13.9. The highest BCUT2D eigenvalue weighted by atomic mass is 127. The van der Waals surface area contributed by atoms with Gasteiger partial charge in [0, 0.05) is 38.3 Å². The summed E-state index contributed by atoms with van der Waals surface area (Å²) in [5, 5.41) is 6.41. The second-order valence-electron chi connectivity index (χ2n) is 10.2. The lowest BCUT2D eigenvalue weighted by Crippen LogP contribution is -2.56. The Balaban J connectivity index is 0.00000480. The van der Waals surface area contributed by atoms with Gasteiger partial charge in [0.05, 0.1) is 24.8 Å². The van der Waals surface area contributed by atoms with Crippen LogP contribution in [0.4, 0.5) is 4.79 Å². The molecule has 3 atom stereocenters. The molecule has 3 unspecified atom stereocenters. The molecule has 0 aliphatic carbocycles. The Morgan fingerprint density at radius 3 is 2.29 bits per heavy atom. The number of carbonyl (C=O) groups excluding carboxylic acids is 1. The molecular weight excluding hydrogens is 509 g/mol. The van der Waals surface area contributed by atoms with Crippen molar-refractivity contribution in [3.8, 4) is 0 Å². The highest BCUT2D eigenvalue weighted by Crippen LogP contribution is 2.22. The molecule has 0 aromatic rings. The van der Waals surface area contributed by atoms with Gasteiger partial charge in [-0.15, -0.1) is 24.0 Å². The monoisotopic (exact) mass is 553 g/mol. The Labute approximate surface area is 205 Å². The standard InChI is InChI=1S/C22H43N5O3.HI/c1-9-23-19(24-15-22(7,8)27-12-16(2)29-17(3)13-27)26-11-10-18(14-26)25-20(28)30-21(4,5)6;/h16-18H,9-15H2,1-8H3,(H,23,24)(H,25,28);1H. The van der Waals surface area contributed by atoms with Gasteiger partial charge in [-0.25, -0.2) is 4.79 Å². The van der Waals surface area contributed by atoms with Gasteiger partial charge in [0.1, 0.15) is 5.60 Å². The Morgan fingerprint density at radius 1 is 1.13 bits per heavy atom. The molecule has 0 aromatic heterocycles. The first kappa shape index (κ1) is 28.2. The Bertz CT molecular complexity index is 598. The summed E-state index contributed by atoms with van der Waals surface area (Å²) in [4.78, 5) is 21.8. The molecule has 182 valence electrons. The summed E-state index contributed by atoms with van der Waals surface area (Å²) in [5.41, 5.74) is -0.542. The molecule has 2 heterocycles. The molecular formula is C22H44IN5O3. The van der Waals surface area contributed by atoms with Gasteiger partial charge in [-0.1, -0.05) is 0 Å². The molecule has 0 radical (unpaired) electrons. The van der Waals surface area contributed by atoms with E-state index >= 15 is 0 Å². The topological polar surface area (TPSA) is 78.4 Å². The minimum atomic E-state index is -0.487. The molecule has 2 fully saturated rings. The first-order valence-electron chi connectivity index (χ1n) is 11.3. The van der Waals surface area contributed by atoms with E-state index < -0.39 is 5.60 Å². The number of nitrogens with one attached hydrogen (secondary N) is 2. The number of morpholine rings is 1. The van der Waals surface area contributed by atoms with Gasteiger partial charge in [-0.2, -0.15) is 0 Å². The Hall–Kier alpha value is -0.810. The molecule has 31 heavy (non-hydrogen) atoms. The fourth-order valence-electron chi connectivity index (χ4n) is 4.01. The SMILES string of the molecule is CCNC(=NCC(C)(C)N1CC(C)OC(C)C1)N1CCC(NC(=O)OC(C)(C)C)C1.I. The van der Waals surface area contributed by atoms with E-state index in [9.17, 15) is 4.79 Å². The summed E-state index contributed by atoms with van der Waals surface area (Å²) in [6.07, 6.45) is 1.01. The molecule has 0 saturated carbocycles. The van der Waals surface area contributed by atoms with Crippen molar-refractivity contribution in [2.24, 2.45) is 4.99 Å². The van der Waals surface area contributed by atoms with Crippen molar-refractivity contribution in [1.82, 2.24) is 20.4 Å². The van der Waals surface area contributed by atoms with Crippen molar-refractivity contribution in [3.63, 3.8) is 0 Å². The summed E-state index contributed by atoms with van der Waals surface area (Å²) in [7, 11) is 0. The molecule has 0 spiro atoms. The quantitative estimate of drug-likeness (QED) is 0.310. The number of hydrogen-bond acceptors (Lipinski definition) is 5. The number of nitrogens with zero attached hydrogens (tertiary/aromatic N) is 3.